The van der Waals surface area contributed by atoms with Crippen LogP contribution < -0.4 is 4.52 Å². The zero-order chi connectivity index (χ0) is 13.6. The van der Waals surface area contributed by atoms with Crippen LogP contribution in [0.15, 0.2) is 24.3 Å². The van der Waals surface area contributed by atoms with Gasteiger partial charge in [0.15, 0.2) is 0 Å². The van der Waals surface area contributed by atoms with Crippen LogP contribution >= 0.6 is 7.82 Å². The Labute approximate surface area is 107 Å². The van der Waals surface area contributed by atoms with Crippen LogP contribution in [-0.4, -0.2) is 13.1 Å². The van der Waals surface area contributed by atoms with Crippen LogP contribution in [0, 0.1) is 6.92 Å². The van der Waals surface area contributed by atoms with E-state index >= 15 is 0 Å². The second-order valence-electron chi connectivity index (χ2n) is 3.75. The lowest BCUT2D eigenvalue weighted by atomic mass is 10.2. The van der Waals surface area contributed by atoms with Crippen LogP contribution in [0.5, 0.6) is 5.75 Å². The molecule has 18 heavy (non-hydrogen) atoms. The minimum Gasteiger partial charge on any atom is -0.395 e. The van der Waals surface area contributed by atoms with Crippen molar-refractivity contribution in [3.63, 3.8) is 0 Å². The average molecular weight is 272 g/mol. The summed E-state index contributed by atoms with van der Waals surface area (Å²) in [4.78, 5) is 11.3. The third kappa shape index (κ3) is 4.51. The molecule has 1 atom stereocenters. The van der Waals surface area contributed by atoms with Crippen LogP contribution in [0.1, 0.15) is 25.3 Å². The molecule has 6 heteroatoms. The summed E-state index contributed by atoms with van der Waals surface area (Å²) in [6.45, 7) is 3.74. The highest BCUT2D eigenvalue weighted by atomic mass is 31.2. The highest BCUT2D eigenvalue weighted by Crippen LogP contribution is 2.49. The first-order valence-electron chi connectivity index (χ1n) is 5.63. The number of hydrogen-bond donors (Lipinski definition) is 0. The molecule has 0 aromatic heterocycles. The van der Waals surface area contributed by atoms with E-state index in [0.717, 1.165) is 5.56 Å². The van der Waals surface area contributed by atoms with Gasteiger partial charge in [-0.3, -0.25) is 9.32 Å². The molecule has 0 aliphatic carbocycles. The second-order valence-corrected chi connectivity index (χ2v) is 5.37. The standard InChI is InChI=1S/C12H17O5P/c1-4-5-12(13)17-18(14,15-3)16-11-8-6-10(2)7-9-11/h6-9H,4-5H2,1-3H3. The van der Waals surface area contributed by atoms with Crippen molar-refractivity contribution in [3.8, 4) is 5.75 Å². The van der Waals surface area contributed by atoms with Crippen LogP contribution in [0.3, 0.4) is 0 Å². The van der Waals surface area contributed by atoms with Gasteiger partial charge in [-0.1, -0.05) is 24.6 Å². The highest BCUT2D eigenvalue weighted by molar-refractivity contribution is 7.49. The first-order valence-corrected chi connectivity index (χ1v) is 7.09. The van der Waals surface area contributed by atoms with Gasteiger partial charge in [0, 0.05) is 13.5 Å². The monoisotopic (exact) mass is 272 g/mol. The molecule has 0 spiro atoms. The van der Waals surface area contributed by atoms with Crippen LogP contribution in [0.2, 0.25) is 0 Å². The van der Waals surface area contributed by atoms with Crippen molar-refractivity contribution >= 4 is 13.8 Å². The zero-order valence-electron chi connectivity index (χ0n) is 10.7. The van der Waals surface area contributed by atoms with Crippen molar-refractivity contribution in [2.75, 3.05) is 7.11 Å². The van der Waals surface area contributed by atoms with Gasteiger partial charge in [-0.05, 0) is 25.5 Å². The molecule has 0 aliphatic heterocycles. The number of carbonyl (C=O) groups excluding carboxylic acids is 1. The summed E-state index contributed by atoms with van der Waals surface area (Å²) in [6.07, 6.45) is 0.775. The van der Waals surface area contributed by atoms with Gasteiger partial charge in [0.2, 0.25) is 0 Å². The Morgan fingerprint density at radius 3 is 2.39 bits per heavy atom. The second kappa shape index (κ2) is 6.57. The van der Waals surface area contributed by atoms with Gasteiger partial charge in [0.1, 0.15) is 5.75 Å². The molecule has 0 fully saturated rings. The lowest BCUT2D eigenvalue weighted by Gasteiger charge is -2.15. The summed E-state index contributed by atoms with van der Waals surface area (Å²) in [7, 11) is -2.70. The molecule has 1 rings (SSSR count). The molecule has 0 bridgehead atoms. The summed E-state index contributed by atoms with van der Waals surface area (Å²) >= 11 is 0. The summed E-state index contributed by atoms with van der Waals surface area (Å²) in [5, 5.41) is 0. The van der Waals surface area contributed by atoms with Crippen molar-refractivity contribution in [3.05, 3.63) is 29.8 Å². The van der Waals surface area contributed by atoms with Gasteiger partial charge in [0.05, 0.1) is 0 Å². The minimum atomic E-state index is -3.87. The lowest BCUT2D eigenvalue weighted by molar-refractivity contribution is -0.135. The van der Waals surface area contributed by atoms with E-state index in [0.29, 0.717) is 12.2 Å². The Balaban J connectivity index is 2.73. The van der Waals surface area contributed by atoms with E-state index in [1.165, 1.54) is 7.11 Å². The maximum Gasteiger partial charge on any atom is 0.589 e. The summed E-state index contributed by atoms with van der Waals surface area (Å²) in [5.41, 5.74) is 1.04. The zero-order valence-corrected chi connectivity index (χ0v) is 11.6. The predicted molar refractivity (Wildman–Crippen MR) is 67.4 cm³/mol. The molecular weight excluding hydrogens is 255 g/mol. The molecular formula is C12H17O5P. The predicted octanol–water partition coefficient (Wildman–Crippen LogP) is 3.47. The van der Waals surface area contributed by atoms with Gasteiger partial charge in [-0.25, -0.2) is 4.57 Å². The van der Waals surface area contributed by atoms with E-state index in [4.69, 9.17) is 9.05 Å². The molecule has 0 heterocycles. The molecule has 0 N–H and O–H groups in total. The van der Waals surface area contributed by atoms with Crippen molar-refractivity contribution < 1.29 is 22.9 Å². The van der Waals surface area contributed by atoms with E-state index in [-0.39, 0.29) is 6.42 Å². The Morgan fingerprint density at radius 1 is 1.28 bits per heavy atom. The maximum absolute atomic E-state index is 12.0. The number of hydrogen-bond acceptors (Lipinski definition) is 5. The van der Waals surface area contributed by atoms with E-state index in [9.17, 15) is 9.36 Å². The molecule has 5 nitrogen and oxygen atoms in total. The largest absolute Gasteiger partial charge is 0.589 e. The van der Waals surface area contributed by atoms with Crippen molar-refractivity contribution in [1.29, 1.82) is 0 Å². The van der Waals surface area contributed by atoms with Crippen LogP contribution in [0.25, 0.3) is 0 Å². The number of carbonyl (C=O) groups is 1. The molecule has 0 aliphatic rings. The first kappa shape index (κ1) is 14.7. The minimum absolute atomic E-state index is 0.171. The molecule has 100 valence electrons. The first-order chi connectivity index (χ1) is 8.49. The van der Waals surface area contributed by atoms with Gasteiger partial charge in [-0.15, -0.1) is 0 Å². The average Bonchev–Trinajstić information content (AvgIpc) is 2.32. The van der Waals surface area contributed by atoms with Crippen molar-refractivity contribution in [1.82, 2.24) is 0 Å². The summed E-state index contributed by atoms with van der Waals surface area (Å²) < 4.78 is 26.6. The van der Waals surface area contributed by atoms with Crippen molar-refractivity contribution in [2.45, 2.75) is 26.7 Å². The molecule has 0 saturated carbocycles. The smallest absolute Gasteiger partial charge is 0.395 e. The fourth-order valence-electron chi connectivity index (χ4n) is 1.20. The lowest BCUT2D eigenvalue weighted by Crippen LogP contribution is -2.07. The van der Waals surface area contributed by atoms with E-state index in [1.54, 1.807) is 24.3 Å². The molecule has 0 radical (unpaired) electrons. The molecule has 1 aromatic carbocycles. The topological polar surface area (TPSA) is 61.8 Å². The third-order valence-corrected chi connectivity index (χ3v) is 3.44. The van der Waals surface area contributed by atoms with E-state index in [2.05, 4.69) is 4.52 Å². The number of phosphoric ester groups is 1. The number of aryl methyl sites for hydroxylation is 1. The summed E-state index contributed by atoms with van der Waals surface area (Å²) in [5.74, 6) is -0.273. The Bertz CT molecular complexity index is 440. The Morgan fingerprint density at radius 2 is 1.89 bits per heavy atom. The molecule has 0 amide bonds. The van der Waals surface area contributed by atoms with E-state index in [1.807, 2.05) is 13.8 Å². The van der Waals surface area contributed by atoms with E-state index < -0.39 is 13.8 Å². The quantitative estimate of drug-likeness (QED) is 0.742. The number of phosphoric acid groups is 1. The normalized spacial score (nSPS) is 13.7. The van der Waals surface area contributed by atoms with Crippen LogP contribution in [0.4, 0.5) is 0 Å². The maximum atomic E-state index is 12.0. The van der Waals surface area contributed by atoms with Gasteiger partial charge >= 0.3 is 13.8 Å². The van der Waals surface area contributed by atoms with Crippen LogP contribution in [-0.2, 0) is 18.4 Å². The Kier molecular flexibility index (Phi) is 5.38. The fraction of sp³-hybridized carbons (Fsp3) is 0.417. The van der Waals surface area contributed by atoms with Crippen molar-refractivity contribution in [2.24, 2.45) is 0 Å². The van der Waals surface area contributed by atoms with Gasteiger partial charge in [0.25, 0.3) is 0 Å². The SMILES string of the molecule is CCCC(=O)OP(=O)(OC)Oc1ccc(C)cc1. The molecule has 0 saturated heterocycles. The Hall–Kier alpha value is -1.32. The molecule has 1 aromatic rings. The van der Waals surface area contributed by atoms with Gasteiger partial charge in [-0.2, -0.15) is 0 Å². The highest BCUT2D eigenvalue weighted by Gasteiger charge is 2.31. The fourth-order valence-corrected chi connectivity index (χ4v) is 2.10. The van der Waals surface area contributed by atoms with Gasteiger partial charge < -0.3 is 9.05 Å². The third-order valence-electron chi connectivity index (χ3n) is 2.13. The molecule has 1 unspecified atom stereocenters. The summed E-state index contributed by atoms with van der Waals surface area (Å²) in [6, 6.07) is 6.86. The number of benzene rings is 1. The number of rotatable bonds is 6.